The number of ether oxygens (including phenoxy) is 1. The maximum atomic E-state index is 13.5. The topological polar surface area (TPSA) is 125 Å². The van der Waals surface area contributed by atoms with Crippen LogP contribution in [-0.4, -0.2) is 53.1 Å². The van der Waals surface area contributed by atoms with Gasteiger partial charge in [0.2, 0.25) is 0 Å². The van der Waals surface area contributed by atoms with Crippen LogP contribution in [-0.2, 0) is 4.74 Å². The van der Waals surface area contributed by atoms with Crippen LogP contribution in [0.2, 0.25) is 0 Å². The van der Waals surface area contributed by atoms with E-state index in [0.717, 1.165) is 37.1 Å². The van der Waals surface area contributed by atoms with Crippen molar-refractivity contribution < 1.29 is 14.6 Å². The molecule has 1 aliphatic carbocycles. The van der Waals surface area contributed by atoms with Gasteiger partial charge in [-0.2, -0.15) is 0 Å². The Labute approximate surface area is 242 Å². The van der Waals surface area contributed by atoms with E-state index in [1.54, 1.807) is 31.3 Å². The predicted molar refractivity (Wildman–Crippen MR) is 162 cm³/mol. The lowest BCUT2D eigenvalue weighted by Crippen LogP contribution is -2.52. The number of aliphatic hydroxyl groups excluding tert-OH is 1. The Kier molecular flexibility index (Phi) is 9.00. The maximum Gasteiger partial charge on any atom is 0.251 e. The lowest BCUT2D eigenvalue weighted by atomic mass is 9.94. The van der Waals surface area contributed by atoms with Gasteiger partial charge in [0.1, 0.15) is 0 Å². The number of aliphatic hydroxyl groups is 1. The normalized spacial score (nSPS) is 20.9. The van der Waals surface area contributed by atoms with E-state index < -0.39 is 6.10 Å². The highest BCUT2D eigenvalue weighted by Gasteiger charge is 2.31. The van der Waals surface area contributed by atoms with Gasteiger partial charge in [0.15, 0.2) is 0 Å². The molecule has 2 fully saturated rings. The Morgan fingerprint density at radius 2 is 1.85 bits per heavy atom. The molecular formula is C33H41N5O3. The van der Waals surface area contributed by atoms with Crippen LogP contribution in [0.3, 0.4) is 0 Å². The molecule has 5 N–H and O–H groups in total. The molecule has 1 aromatic heterocycles. The van der Waals surface area contributed by atoms with Crippen molar-refractivity contribution in [2.24, 2.45) is 5.92 Å². The molecule has 3 aromatic rings. The van der Waals surface area contributed by atoms with Gasteiger partial charge in [-0.15, -0.1) is 0 Å². The zero-order chi connectivity index (χ0) is 28.9. The number of nitrogens with two attached hydrogens (primary N) is 1. The fourth-order valence-electron chi connectivity index (χ4n) is 6.31. The number of carbonyl (C=O) groups excluding carboxylic acids is 1. The zero-order valence-corrected chi connectivity index (χ0v) is 23.9. The molecule has 5 rings (SSSR count). The molecule has 1 saturated heterocycles. The number of nitrogen functional groups attached to an aromatic ring is 1. The van der Waals surface area contributed by atoms with Crippen molar-refractivity contribution in [3.05, 3.63) is 89.2 Å². The third-order valence-electron chi connectivity index (χ3n) is 8.35. The molecule has 2 aliphatic rings. The largest absolute Gasteiger partial charge is 0.398 e. The van der Waals surface area contributed by atoms with Gasteiger partial charge in [0.05, 0.1) is 42.8 Å². The Balaban J connectivity index is 1.35. The van der Waals surface area contributed by atoms with Gasteiger partial charge in [0.25, 0.3) is 5.91 Å². The first-order valence-electron chi connectivity index (χ1n) is 14.7. The number of hydrogen-bond donors (Lipinski definition) is 4. The van der Waals surface area contributed by atoms with E-state index in [1.165, 1.54) is 0 Å². The molecule has 41 heavy (non-hydrogen) atoms. The summed E-state index contributed by atoms with van der Waals surface area (Å²) in [7, 11) is 0. The molecule has 8 nitrogen and oxygen atoms in total. The molecule has 1 aliphatic heterocycles. The minimum atomic E-state index is -0.422. The Morgan fingerprint density at radius 3 is 2.54 bits per heavy atom. The molecule has 2 heterocycles. The summed E-state index contributed by atoms with van der Waals surface area (Å²) >= 11 is 0. The number of nitrogens with zero attached hydrogens (tertiary/aromatic N) is 2. The number of pyridine rings is 1. The Bertz CT molecular complexity index is 1340. The number of morpholine rings is 1. The van der Waals surface area contributed by atoms with Crippen molar-refractivity contribution in [1.29, 1.82) is 5.41 Å². The van der Waals surface area contributed by atoms with Crippen LogP contribution in [0.25, 0.3) is 0 Å². The monoisotopic (exact) mass is 555 g/mol. The Morgan fingerprint density at radius 1 is 1.12 bits per heavy atom. The van der Waals surface area contributed by atoms with E-state index in [0.29, 0.717) is 47.9 Å². The lowest BCUT2D eigenvalue weighted by molar-refractivity contribution is 0.0530. The highest BCUT2D eigenvalue weighted by atomic mass is 16.5. The molecule has 8 heteroatoms. The zero-order valence-electron chi connectivity index (χ0n) is 23.9. The first-order valence-corrected chi connectivity index (χ1v) is 14.7. The number of amides is 1. The average Bonchev–Trinajstić information content (AvgIpc) is 3.51. The summed E-state index contributed by atoms with van der Waals surface area (Å²) in [4.78, 5) is 20.3. The third kappa shape index (κ3) is 6.60. The summed E-state index contributed by atoms with van der Waals surface area (Å²) in [6.07, 6.45) is 6.43. The predicted octanol–water partition coefficient (Wildman–Crippen LogP) is 5.11. The fourth-order valence-corrected chi connectivity index (χ4v) is 6.31. The number of hydrogen-bond acceptors (Lipinski definition) is 7. The SMILES string of the molecule is CC(O)CC1COCC(C)N1c1ccc(C(=N)c2cc(C(=O)NC(c3ccccn3)C3CCCC3)ccc2N)cc1. The first kappa shape index (κ1) is 28.8. The number of anilines is 2. The van der Waals surface area contributed by atoms with E-state index in [1.807, 2.05) is 42.5 Å². The molecule has 1 amide bonds. The van der Waals surface area contributed by atoms with E-state index >= 15 is 0 Å². The van der Waals surface area contributed by atoms with Crippen molar-refractivity contribution >= 4 is 23.0 Å². The van der Waals surface area contributed by atoms with E-state index in [2.05, 4.69) is 22.1 Å². The van der Waals surface area contributed by atoms with Gasteiger partial charge < -0.3 is 25.8 Å². The minimum absolute atomic E-state index is 0.0778. The molecule has 0 spiro atoms. The standard InChI is InChI=1S/C33H41N5O3/c1-21-19-41-20-27(17-22(2)39)38(21)26-13-10-23(11-14-26)31(35)28-18-25(12-15-29(28)34)33(40)37-32(24-7-3-4-8-24)30-9-5-6-16-36-30/h5-6,9-16,18,21-22,24,27,32,35,39H,3-4,7-8,17,19-20,34H2,1-2H3,(H,37,40). The van der Waals surface area contributed by atoms with Crippen LogP contribution in [0, 0.1) is 11.3 Å². The highest BCUT2D eigenvalue weighted by molar-refractivity contribution is 6.15. The van der Waals surface area contributed by atoms with Crippen molar-refractivity contribution in [3.8, 4) is 0 Å². The molecule has 0 radical (unpaired) electrons. The molecule has 0 bridgehead atoms. The van der Waals surface area contributed by atoms with Crippen LogP contribution in [0.5, 0.6) is 0 Å². The Hall–Kier alpha value is -3.75. The van der Waals surface area contributed by atoms with Crippen molar-refractivity contribution in [2.45, 2.75) is 70.2 Å². The highest BCUT2D eigenvalue weighted by Crippen LogP contribution is 2.35. The quantitative estimate of drug-likeness (QED) is 0.215. The van der Waals surface area contributed by atoms with Crippen molar-refractivity contribution in [2.75, 3.05) is 23.8 Å². The summed E-state index contributed by atoms with van der Waals surface area (Å²) < 4.78 is 5.75. The molecular weight excluding hydrogens is 514 g/mol. The second-order valence-corrected chi connectivity index (χ2v) is 11.5. The number of rotatable bonds is 9. The van der Waals surface area contributed by atoms with E-state index in [9.17, 15) is 9.90 Å². The molecule has 4 unspecified atom stereocenters. The van der Waals surface area contributed by atoms with Crippen LogP contribution >= 0.6 is 0 Å². The van der Waals surface area contributed by atoms with Gasteiger partial charge in [-0.1, -0.05) is 31.0 Å². The first-order chi connectivity index (χ1) is 19.8. The van der Waals surface area contributed by atoms with E-state index in [-0.39, 0.29) is 29.7 Å². The van der Waals surface area contributed by atoms with Gasteiger partial charge in [-0.05, 0) is 81.5 Å². The molecule has 4 atom stereocenters. The summed E-state index contributed by atoms with van der Waals surface area (Å²) in [6.45, 7) is 5.11. The smallest absolute Gasteiger partial charge is 0.251 e. The maximum absolute atomic E-state index is 13.5. The van der Waals surface area contributed by atoms with Gasteiger partial charge >= 0.3 is 0 Å². The summed E-state index contributed by atoms with van der Waals surface area (Å²) in [6, 6.07) is 18.9. The second-order valence-electron chi connectivity index (χ2n) is 11.5. The number of nitrogens with one attached hydrogen (secondary N) is 2. The van der Waals surface area contributed by atoms with Crippen molar-refractivity contribution in [1.82, 2.24) is 10.3 Å². The van der Waals surface area contributed by atoms with Crippen LogP contribution in [0.15, 0.2) is 66.9 Å². The molecule has 216 valence electrons. The van der Waals surface area contributed by atoms with Gasteiger partial charge in [-0.3, -0.25) is 15.2 Å². The minimum Gasteiger partial charge on any atom is -0.398 e. The lowest BCUT2D eigenvalue weighted by Gasteiger charge is -2.42. The molecule has 1 saturated carbocycles. The van der Waals surface area contributed by atoms with E-state index in [4.69, 9.17) is 15.9 Å². The number of aromatic nitrogens is 1. The second kappa shape index (κ2) is 12.8. The van der Waals surface area contributed by atoms with Gasteiger partial charge in [-0.25, -0.2) is 0 Å². The molecule has 2 aromatic carbocycles. The van der Waals surface area contributed by atoms with Crippen LogP contribution < -0.4 is 16.0 Å². The van der Waals surface area contributed by atoms with Gasteiger partial charge in [0, 0.05) is 40.3 Å². The average molecular weight is 556 g/mol. The van der Waals surface area contributed by atoms with Crippen LogP contribution in [0.4, 0.5) is 11.4 Å². The number of benzene rings is 2. The summed E-state index contributed by atoms with van der Waals surface area (Å²) in [5.41, 5.74) is 10.6. The fraction of sp³-hybridized carbons (Fsp3) is 0.424. The summed E-state index contributed by atoms with van der Waals surface area (Å²) in [5.74, 6) is 0.163. The number of carbonyl (C=O) groups is 1. The van der Waals surface area contributed by atoms with Crippen molar-refractivity contribution in [3.63, 3.8) is 0 Å². The summed E-state index contributed by atoms with van der Waals surface area (Å²) in [5, 5.41) is 22.2. The van der Waals surface area contributed by atoms with Crippen LogP contribution in [0.1, 0.15) is 79.2 Å². The third-order valence-corrected chi connectivity index (χ3v) is 8.35.